The van der Waals surface area contributed by atoms with Crippen molar-refractivity contribution < 1.29 is 9.21 Å². The van der Waals surface area contributed by atoms with Crippen molar-refractivity contribution >= 4 is 17.2 Å². The van der Waals surface area contributed by atoms with E-state index in [2.05, 4.69) is 34.4 Å². The smallest absolute Gasteiger partial charge is 0.220 e. The fourth-order valence-electron chi connectivity index (χ4n) is 2.13. The van der Waals surface area contributed by atoms with Gasteiger partial charge >= 0.3 is 0 Å². The van der Waals surface area contributed by atoms with Crippen molar-refractivity contribution in [2.45, 2.75) is 39.8 Å². The maximum absolute atomic E-state index is 11.8. The molecule has 22 heavy (non-hydrogen) atoms. The number of furan rings is 1. The van der Waals surface area contributed by atoms with Gasteiger partial charge in [-0.15, -0.1) is 11.3 Å². The summed E-state index contributed by atoms with van der Waals surface area (Å²) in [6.07, 6.45) is 2.69. The van der Waals surface area contributed by atoms with E-state index in [0.29, 0.717) is 19.4 Å². The lowest BCUT2D eigenvalue weighted by atomic mass is 10.2. The molecular formula is C16H23N3O2S. The number of nitrogens with zero attached hydrogens (tertiary/aromatic N) is 2. The SMILES string of the molecule is CCN(CC)Cc1csc(CNC(=O)CCc2ccco2)n1. The number of carbonyl (C=O) groups excluding carboxylic acids is 1. The summed E-state index contributed by atoms with van der Waals surface area (Å²) in [4.78, 5) is 18.7. The van der Waals surface area contributed by atoms with E-state index in [1.54, 1.807) is 17.6 Å². The Kier molecular flexibility index (Phi) is 6.61. The number of thiazole rings is 1. The average Bonchev–Trinajstić information content (AvgIpc) is 3.20. The Hall–Kier alpha value is -1.66. The normalized spacial score (nSPS) is 11.0. The van der Waals surface area contributed by atoms with Crippen LogP contribution in [0, 0.1) is 0 Å². The highest BCUT2D eigenvalue weighted by Crippen LogP contribution is 2.12. The molecule has 0 bridgehead atoms. The van der Waals surface area contributed by atoms with Gasteiger partial charge in [-0.2, -0.15) is 0 Å². The molecule has 6 heteroatoms. The van der Waals surface area contributed by atoms with E-state index < -0.39 is 0 Å². The van der Waals surface area contributed by atoms with Gasteiger partial charge in [0.2, 0.25) is 5.91 Å². The Morgan fingerprint density at radius 3 is 2.91 bits per heavy atom. The van der Waals surface area contributed by atoms with Crippen molar-refractivity contribution in [2.24, 2.45) is 0 Å². The van der Waals surface area contributed by atoms with Crippen molar-refractivity contribution in [2.75, 3.05) is 13.1 Å². The predicted octanol–water partition coefficient (Wildman–Crippen LogP) is 2.83. The predicted molar refractivity (Wildman–Crippen MR) is 87.6 cm³/mol. The molecule has 0 saturated heterocycles. The second-order valence-corrected chi connectivity index (χ2v) is 5.99. The van der Waals surface area contributed by atoms with Crippen LogP contribution in [-0.4, -0.2) is 28.9 Å². The second-order valence-electron chi connectivity index (χ2n) is 5.05. The van der Waals surface area contributed by atoms with E-state index >= 15 is 0 Å². The van der Waals surface area contributed by atoms with Gasteiger partial charge in [-0.25, -0.2) is 4.98 Å². The Morgan fingerprint density at radius 1 is 1.41 bits per heavy atom. The first kappa shape index (κ1) is 16.7. The molecule has 0 aliphatic heterocycles. The quantitative estimate of drug-likeness (QED) is 0.771. The summed E-state index contributed by atoms with van der Waals surface area (Å²) in [5.41, 5.74) is 1.08. The lowest BCUT2D eigenvalue weighted by Gasteiger charge is -2.15. The number of hydrogen-bond donors (Lipinski definition) is 1. The van der Waals surface area contributed by atoms with Crippen molar-refractivity contribution in [1.29, 1.82) is 0 Å². The van der Waals surface area contributed by atoms with Crippen LogP contribution in [0.5, 0.6) is 0 Å². The van der Waals surface area contributed by atoms with E-state index in [-0.39, 0.29) is 5.91 Å². The number of amides is 1. The van der Waals surface area contributed by atoms with Crippen LogP contribution in [0.2, 0.25) is 0 Å². The van der Waals surface area contributed by atoms with E-state index in [1.807, 2.05) is 12.1 Å². The van der Waals surface area contributed by atoms with E-state index in [0.717, 1.165) is 36.1 Å². The number of nitrogens with one attached hydrogen (secondary N) is 1. The molecular weight excluding hydrogens is 298 g/mol. The Morgan fingerprint density at radius 2 is 2.23 bits per heavy atom. The third-order valence-corrected chi connectivity index (χ3v) is 4.39. The van der Waals surface area contributed by atoms with Gasteiger partial charge in [0.1, 0.15) is 10.8 Å². The summed E-state index contributed by atoms with van der Waals surface area (Å²) in [6.45, 7) is 7.71. The van der Waals surface area contributed by atoms with Gasteiger partial charge in [-0.1, -0.05) is 13.8 Å². The van der Waals surface area contributed by atoms with Crippen LogP contribution in [0.15, 0.2) is 28.2 Å². The zero-order chi connectivity index (χ0) is 15.8. The second kappa shape index (κ2) is 8.70. The molecule has 5 nitrogen and oxygen atoms in total. The van der Waals surface area contributed by atoms with Gasteiger partial charge in [0.05, 0.1) is 18.5 Å². The minimum atomic E-state index is 0.0249. The lowest BCUT2D eigenvalue weighted by Crippen LogP contribution is -2.23. The molecule has 2 heterocycles. The van der Waals surface area contributed by atoms with Gasteiger partial charge in [-0.05, 0) is 25.2 Å². The largest absolute Gasteiger partial charge is 0.469 e. The molecule has 0 saturated carbocycles. The maximum atomic E-state index is 11.8. The first-order chi connectivity index (χ1) is 10.7. The molecule has 0 aliphatic carbocycles. The molecule has 120 valence electrons. The molecule has 2 rings (SSSR count). The molecule has 0 radical (unpaired) electrons. The molecule has 0 fully saturated rings. The molecule has 0 unspecified atom stereocenters. The van der Waals surface area contributed by atoms with Crippen LogP contribution in [0.25, 0.3) is 0 Å². The number of aryl methyl sites for hydroxylation is 1. The van der Waals surface area contributed by atoms with E-state index in [4.69, 9.17) is 4.42 Å². The molecule has 0 spiro atoms. The molecule has 2 aromatic rings. The average molecular weight is 321 g/mol. The Balaban J connectivity index is 1.72. The monoisotopic (exact) mass is 321 g/mol. The van der Waals surface area contributed by atoms with Crippen LogP contribution in [-0.2, 0) is 24.3 Å². The van der Waals surface area contributed by atoms with Crippen molar-refractivity contribution in [3.8, 4) is 0 Å². The summed E-state index contributed by atoms with van der Waals surface area (Å²) in [5, 5.41) is 5.93. The summed E-state index contributed by atoms with van der Waals surface area (Å²) in [7, 11) is 0. The first-order valence-electron chi connectivity index (χ1n) is 7.66. The van der Waals surface area contributed by atoms with Crippen LogP contribution < -0.4 is 5.32 Å². The van der Waals surface area contributed by atoms with Crippen molar-refractivity contribution in [3.05, 3.63) is 40.2 Å². The lowest BCUT2D eigenvalue weighted by molar-refractivity contribution is -0.121. The summed E-state index contributed by atoms with van der Waals surface area (Å²) >= 11 is 1.60. The number of rotatable bonds is 9. The standard InChI is InChI=1S/C16H23N3O2S/c1-3-19(4-2)11-13-12-22-16(18-13)10-17-15(20)8-7-14-6-5-9-21-14/h5-6,9,12H,3-4,7-8,10-11H2,1-2H3,(H,17,20). The molecule has 0 aromatic carbocycles. The van der Waals surface area contributed by atoms with Crippen molar-refractivity contribution in [3.63, 3.8) is 0 Å². The number of carbonyl (C=O) groups is 1. The molecule has 2 aromatic heterocycles. The van der Waals surface area contributed by atoms with Gasteiger partial charge < -0.3 is 9.73 Å². The summed E-state index contributed by atoms with van der Waals surface area (Å²) in [5.74, 6) is 0.864. The third kappa shape index (κ3) is 5.27. The Bertz CT molecular complexity index is 562. The van der Waals surface area contributed by atoms with Crippen molar-refractivity contribution in [1.82, 2.24) is 15.2 Å². The van der Waals surface area contributed by atoms with E-state index in [9.17, 15) is 4.79 Å². The highest BCUT2D eigenvalue weighted by Gasteiger charge is 2.08. The fraction of sp³-hybridized carbons (Fsp3) is 0.500. The van der Waals surface area contributed by atoms with Crippen LogP contribution >= 0.6 is 11.3 Å². The molecule has 1 amide bonds. The summed E-state index contributed by atoms with van der Waals surface area (Å²) < 4.78 is 5.21. The van der Waals surface area contributed by atoms with Gasteiger partial charge in [0.15, 0.2) is 0 Å². The van der Waals surface area contributed by atoms with Gasteiger partial charge in [-0.3, -0.25) is 9.69 Å². The minimum Gasteiger partial charge on any atom is -0.469 e. The highest BCUT2D eigenvalue weighted by molar-refractivity contribution is 7.09. The molecule has 0 atom stereocenters. The third-order valence-electron chi connectivity index (χ3n) is 3.49. The fourth-order valence-corrected chi connectivity index (χ4v) is 2.86. The first-order valence-corrected chi connectivity index (χ1v) is 8.54. The zero-order valence-electron chi connectivity index (χ0n) is 13.2. The zero-order valence-corrected chi connectivity index (χ0v) is 14.0. The van der Waals surface area contributed by atoms with Gasteiger partial charge in [0.25, 0.3) is 0 Å². The minimum absolute atomic E-state index is 0.0249. The van der Waals surface area contributed by atoms with Crippen LogP contribution in [0.4, 0.5) is 0 Å². The Labute approximate surface area is 135 Å². The van der Waals surface area contributed by atoms with Crippen LogP contribution in [0.3, 0.4) is 0 Å². The summed E-state index contributed by atoms with van der Waals surface area (Å²) in [6, 6.07) is 3.72. The number of aromatic nitrogens is 1. The molecule has 1 N–H and O–H groups in total. The molecule has 0 aliphatic rings. The van der Waals surface area contributed by atoms with Crippen LogP contribution in [0.1, 0.15) is 36.7 Å². The number of hydrogen-bond acceptors (Lipinski definition) is 5. The van der Waals surface area contributed by atoms with Gasteiger partial charge in [0, 0.05) is 24.8 Å². The van der Waals surface area contributed by atoms with E-state index in [1.165, 1.54) is 0 Å². The highest BCUT2D eigenvalue weighted by atomic mass is 32.1. The maximum Gasteiger partial charge on any atom is 0.220 e. The topological polar surface area (TPSA) is 58.4 Å².